The summed E-state index contributed by atoms with van der Waals surface area (Å²) in [6.07, 6.45) is 4.15. The van der Waals surface area contributed by atoms with Crippen LogP contribution in [0, 0.1) is 5.92 Å². The van der Waals surface area contributed by atoms with Gasteiger partial charge in [0.25, 0.3) is 0 Å². The molecule has 0 saturated carbocycles. The Hall–Kier alpha value is -1.55. The number of likely N-dealkylation sites (tertiary alicyclic amines) is 1. The zero-order valence-corrected chi connectivity index (χ0v) is 14.8. The quantitative estimate of drug-likeness (QED) is 0.775. The van der Waals surface area contributed by atoms with E-state index < -0.39 is 0 Å². The largest absolute Gasteiger partial charge is 0.497 e. The molecule has 1 aromatic rings. The number of nitrogens with zero attached hydrogens (tertiary/aromatic N) is 2. The van der Waals surface area contributed by atoms with Gasteiger partial charge in [0.2, 0.25) is 5.91 Å². The third-order valence-corrected chi connectivity index (χ3v) is 4.74. The van der Waals surface area contributed by atoms with Crippen molar-refractivity contribution in [2.75, 3.05) is 40.3 Å². The zero-order valence-electron chi connectivity index (χ0n) is 14.8. The van der Waals surface area contributed by atoms with Crippen LogP contribution in [0.4, 0.5) is 0 Å². The highest BCUT2D eigenvalue weighted by atomic mass is 16.5. The maximum absolute atomic E-state index is 11.7. The molecular weight excluding hydrogens is 288 g/mol. The third-order valence-electron chi connectivity index (χ3n) is 4.74. The van der Waals surface area contributed by atoms with Crippen molar-refractivity contribution in [2.24, 2.45) is 5.92 Å². The summed E-state index contributed by atoms with van der Waals surface area (Å²) < 4.78 is 5.20. The number of carbonyl (C=O) groups is 1. The van der Waals surface area contributed by atoms with Crippen LogP contribution in [0.2, 0.25) is 0 Å². The minimum Gasteiger partial charge on any atom is -0.497 e. The van der Waals surface area contributed by atoms with Gasteiger partial charge in [-0.1, -0.05) is 19.1 Å². The summed E-state index contributed by atoms with van der Waals surface area (Å²) in [4.78, 5) is 16.2. The Labute approximate surface area is 140 Å². The van der Waals surface area contributed by atoms with Crippen molar-refractivity contribution in [3.8, 4) is 5.75 Å². The summed E-state index contributed by atoms with van der Waals surface area (Å²) in [5.74, 6) is 1.77. The van der Waals surface area contributed by atoms with E-state index >= 15 is 0 Å². The van der Waals surface area contributed by atoms with Gasteiger partial charge >= 0.3 is 0 Å². The molecule has 1 amide bonds. The predicted molar refractivity (Wildman–Crippen MR) is 93.8 cm³/mol. The number of amides is 1. The van der Waals surface area contributed by atoms with Gasteiger partial charge in [-0.15, -0.1) is 0 Å². The van der Waals surface area contributed by atoms with Crippen LogP contribution in [-0.2, 0) is 11.2 Å². The Kier molecular flexibility index (Phi) is 6.90. The lowest BCUT2D eigenvalue weighted by Gasteiger charge is -2.34. The van der Waals surface area contributed by atoms with Crippen molar-refractivity contribution in [1.29, 1.82) is 0 Å². The summed E-state index contributed by atoms with van der Waals surface area (Å²) in [6, 6.07) is 8.35. The van der Waals surface area contributed by atoms with Crippen LogP contribution in [0.3, 0.4) is 0 Å². The van der Waals surface area contributed by atoms with Crippen LogP contribution in [0.25, 0.3) is 0 Å². The topological polar surface area (TPSA) is 32.8 Å². The minimum atomic E-state index is 0.250. The molecule has 1 atom stereocenters. The first-order chi connectivity index (χ1) is 11.1. The van der Waals surface area contributed by atoms with Gasteiger partial charge in [-0.3, -0.25) is 4.79 Å². The van der Waals surface area contributed by atoms with E-state index in [1.807, 2.05) is 31.0 Å². The van der Waals surface area contributed by atoms with Gasteiger partial charge in [-0.05, 0) is 49.4 Å². The molecule has 0 unspecified atom stereocenters. The second-order valence-electron chi connectivity index (χ2n) is 6.53. The third kappa shape index (κ3) is 5.54. The summed E-state index contributed by atoms with van der Waals surface area (Å²) >= 11 is 0. The monoisotopic (exact) mass is 318 g/mol. The normalized spacial score (nSPS) is 18.7. The Morgan fingerprint density at radius 2 is 2.09 bits per heavy atom. The van der Waals surface area contributed by atoms with Crippen molar-refractivity contribution >= 4 is 5.91 Å². The van der Waals surface area contributed by atoms with Crippen LogP contribution in [0.5, 0.6) is 5.75 Å². The fourth-order valence-electron chi connectivity index (χ4n) is 3.34. The van der Waals surface area contributed by atoms with Crippen molar-refractivity contribution in [2.45, 2.75) is 32.6 Å². The SMILES string of the molecule is CCC(=O)N(C)C[C@H]1CCCN(CCc2ccc(OC)cc2)C1. The predicted octanol–water partition coefficient (Wildman–Crippen LogP) is 2.82. The molecule has 0 spiro atoms. The first-order valence-electron chi connectivity index (χ1n) is 8.71. The second-order valence-corrected chi connectivity index (χ2v) is 6.53. The second kappa shape index (κ2) is 8.92. The Balaban J connectivity index is 1.78. The number of piperidine rings is 1. The standard InChI is InChI=1S/C19H30N2O2/c1-4-19(22)20(2)14-17-6-5-12-21(15-17)13-11-16-7-9-18(23-3)10-8-16/h7-10,17H,4-6,11-15H2,1-3H3/t17-/m1/s1. The van der Waals surface area contributed by atoms with Gasteiger partial charge in [-0.25, -0.2) is 0 Å². The molecule has 1 heterocycles. The smallest absolute Gasteiger partial charge is 0.222 e. The Morgan fingerprint density at radius 3 is 2.74 bits per heavy atom. The van der Waals surface area contributed by atoms with Gasteiger partial charge in [0.05, 0.1) is 7.11 Å². The maximum Gasteiger partial charge on any atom is 0.222 e. The van der Waals surface area contributed by atoms with E-state index in [4.69, 9.17) is 4.74 Å². The molecule has 4 nitrogen and oxygen atoms in total. The van der Waals surface area contributed by atoms with Crippen LogP contribution < -0.4 is 4.74 Å². The molecule has 1 fully saturated rings. The number of methoxy groups -OCH3 is 1. The van der Waals surface area contributed by atoms with Crippen molar-refractivity contribution < 1.29 is 9.53 Å². The molecule has 0 radical (unpaired) electrons. The molecule has 1 aliphatic rings. The summed E-state index contributed by atoms with van der Waals surface area (Å²) in [7, 11) is 3.63. The molecule has 1 aliphatic heterocycles. The van der Waals surface area contributed by atoms with Crippen molar-refractivity contribution in [3.63, 3.8) is 0 Å². The number of hydrogen-bond donors (Lipinski definition) is 0. The number of benzene rings is 1. The lowest BCUT2D eigenvalue weighted by Crippen LogP contribution is -2.42. The Morgan fingerprint density at radius 1 is 1.35 bits per heavy atom. The van der Waals surface area contributed by atoms with Gasteiger partial charge in [0, 0.05) is 33.1 Å². The van der Waals surface area contributed by atoms with Crippen LogP contribution >= 0.6 is 0 Å². The highest BCUT2D eigenvalue weighted by Gasteiger charge is 2.22. The first kappa shape index (κ1) is 17.8. The summed E-state index contributed by atoms with van der Waals surface area (Å²) in [5, 5.41) is 0. The number of ether oxygens (including phenoxy) is 1. The molecule has 0 bridgehead atoms. The van der Waals surface area contributed by atoms with Crippen LogP contribution in [-0.4, -0.2) is 56.0 Å². The molecule has 1 saturated heterocycles. The summed E-state index contributed by atoms with van der Waals surface area (Å²) in [5.41, 5.74) is 1.35. The minimum absolute atomic E-state index is 0.250. The van der Waals surface area contributed by atoms with Gasteiger partial charge in [0.15, 0.2) is 0 Å². The molecule has 0 aromatic heterocycles. The van der Waals surface area contributed by atoms with E-state index in [2.05, 4.69) is 17.0 Å². The van der Waals surface area contributed by atoms with E-state index in [-0.39, 0.29) is 5.91 Å². The van der Waals surface area contributed by atoms with Crippen LogP contribution in [0.15, 0.2) is 24.3 Å². The molecule has 1 aromatic carbocycles. The first-order valence-corrected chi connectivity index (χ1v) is 8.71. The fraction of sp³-hybridized carbons (Fsp3) is 0.632. The van der Waals surface area contributed by atoms with E-state index in [1.54, 1.807) is 7.11 Å². The number of carbonyl (C=O) groups excluding carboxylic acids is 1. The van der Waals surface area contributed by atoms with Crippen molar-refractivity contribution in [1.82, 2.24) is 9.80 Å². The van der Waals surface area contributed by atoms with Crippen molar-refractivity contribution in [3.05, 3.63) is 29.8 Å². The zero-order chi connectivity index (χ0) is 16.7. The average Bonchev–Trinajstić information content (AvgIpc) is 2.60. The van der Waals surface area contributed by atoms with E-state index in [0.29, 0.717) is 12.3 Å². The van der Waals surface area contributed by atoms with Gasteiger partial charge < -0.3 is 14.5 Å². The van der Waals surface area contributed by atoms with E-state index in [1.165, 1.54) is 24.9 Å². The highest BCUT2D eigenvalue weighted by Crippen LogP contribution is 2.18. The summed E-state index contributed by atoms with van der Waals surface area (Å²) in [6.45, 7) is 6.20. The van der Waals surface area contributed by atoms with Gasteiger partial charge in [-0.2, -0.15) is 0 Å². The number of hydrogen-bond acceptors (Lipinski definition) is 3. The molecule has 0 N–H and O–H groups in total. The molecule has 2 rings (SSSR count). The number of rotatable bonds is 7. The molecule has 23 heavy (non-hydrogen) atoms. The van der Waals surface area contributed by atoms with E-state index in [9.17, 15) is 4.79 Å². The van der Waals surface area contributed by atoms with Crippen LogP contribution in [0.1, 0.15) is 31.7 Å². The lowest BCUT2D eigenvalue weighted by molar-refractivity contribution is -0.130. The molecule has 0 aliphatic carbocycles. The Bertz CT molecular complexity index is 487. The molecule has 4 heteroatoms. The molecule has 128 valence electrons. The molecular formula is C19H30N2O2. The highest BCUT2D eigenvalue weighted by molar-refractivity contribution is 5.75. The lowest BCUT2D eigenvalue weighted by atomic mass is 9.97. The maximum atomic E-state index is 11.7. The fourth-order valence-corrected chi connectivity index (χ4v) is 3.34. The van der Waals surface area contributed by atoms with E-state index in [0.717, 1.165) is 31.8 Å². The average molecular weight is 318 g/mol. The van der Waals surface area contributed by atoms with Gasteiger partial charge in [0.1, 0.15) is 5.75 Å².